The van der Waals surface area contributed by atoms with Crippen LogP contribution in [0.2, 0.25) is 0 Å². The molecule has 1 unspecified atom stereocenters. The maximum Gasteiger partial charge on any atom is 0.203 e. The van der Waals surface area contributed by atoms with E-state index in [1.807, 2.05) is 0 Å². The summed E-state index contributed by atoms with van der Waals surface area (Å²) in [7, 11) is 3.94. The molecule has 0 saturated heterocycles. The fourth-order valence-corrected chi connectivity index (χ4v) is 3.32. The van der Waals surface area contributed by atoms with Gasteiger partial charge in [0.05, 0.1) is 52.2 Å². The largest absolute Gasteiger partial charge is 0.493 e. The first-order valence-electron chi connectivity index (χ1n) is 14.1. The molecule has 1 aromatic carbocycles. The Bertz CT molecular complexity index is 1570. The molecule has 0 N–H and O–H groups in total. The summed E-state index contributed by atoms with van der Waals surface area (Å²) in [5.74, 6) is -2.35. The Morgan fingerprint density at radius 1 is 1.15 bits per heavy atom. The molecule has 3 aromatic rings. The standard InChI is InChI=1S/C25H26FN3O5/c1-25(2)22(30)12-18-19(34-25)7-6-15(28-18)11-17-16(26)13-27-23(29-17)10-14-8-20(31-3)24(33-5)21(9-14)32-4/h6-9,13H,10-12H2,1-5H3/i1D3,6D,7D,8D,9D,13D. The van der Waals surface area contributed by atoms with E-state index in [4.69, 9.17) is 29.9 Å². The van der Waals surface area contributed by atoms with Crippen molar-refractivity contribution in [2.24, 2.45) is 0 Å². The minimum Gasteiger partial charge on any atom is -0.493 e. The number of hydrogen-bond acceptors (Lipinski definition) is 8. The number of halogens is 1. The van der Waals surface area contributed by atoms with Crippen molar-refractivity contribution in [1.82, 2.24) is 15.0 Å². The van der Waals surface area contributed by atoms with Gasteiger partial charge in [0, 0.05) is 22.6 Å². The number of ketones is 1. The Morgan fingerprint density at radius 3 is 2.53 bits per heavy atom. The van der Waals surface area contributed by atoms with Crippen LogP contribution in [-0.2, 0) is 24.1 Å². The normalized spacial score (nSPS) is 20.8. The molecule has 0 spiro atoms. The maximum absolute atomic E-state index is 15.0. The molecule has 1 atom stereocenters. The van der Waals surface area contributed by atoms with Crippen molar-refractivity contribution < 1.29 is 39.1 Å². The highest BCUT2D eigenvalue weighted by molar-refractivity contribution is 5.90. The Kier molecular flexibility index (Phi) is 4.14. The van der Waals surface area contributed by atoms with Gasteiger partial charge in [0.25, 0.3) is 0 Å². The smallest absolute Gasteiger partial charge is 0.203 e. The van der Waals surface area contributed by atoms with E-state index in [9.17, 15) is 4.79 Å². The molecule has 0 saturated carbocycles. The van der Waals surface area contributed by atoms with E-state index in [2.05, 4.69) is 15.0 Å². The van der Waals surface area contributed by atoms with Crippen molar-refractivity contribution in [1.29, 1.82) is 0 Å². The highest BCUT2D eigenvalue weighted by atomic mass is 19.1. The average molecular weight is 476 g/mol. The van der Waals surface area contributed by atoms with Gasteiger partial charge >= 0.3 is 0 Å². The second-order valence-corrected chi connectivity index (χ2v) is 7.51. The third-order valence-corrected chi connectivity index (χ3v) is 5.04. The second kappa shape index (κ2) is 9.24. The lowest BCUT2D eigenvalue weighted by molar-refractivity contribution is -0.132. The molecule has 0 radical (unpaired) electrons. The molecular formula is C25H26FN3O5. The van der Waals surface area contributed by atoms with E-state index in [0.29, 0.717) is 0 Å². The van der Waals surface area contributed by atoms with Crippen LogP contribution in [0.3, 0.4) is 0 Å². The van der Waals surface area contributed by atoms with Crippen molar-refractivity contribution in [3.8, 4) is 23.0 Å². The van der Waals surface area contributed by atoms with Crippen molar-refractivity contribution in [3.05, 3.63) is 64.6 Å². The summed E-state index contributed by atoms with van der Waals surface area (Å²) < 4.78 is 101. The molecule has 9 heteroatoms. The monoisotopic (exact) mass is 475 g/mol. The summed E-state index contributed by atoms with van der Waals surface area (Å²) in [6, 6.07) is -1.49. The number of pyridine rings is 1. The third kappa shape index (κ3) is 4.64. The lowest BCUT2D eigenvalue weighted by atomic mass is 9.95. The number of carbonyl (C=O) groups excluding carboxylic acids is 1. The number of methoxy groups -OCH3 is 3. The van der Waals surface area contributed by atoms with E-state index >= 15 is 4.39 Å². The molecule has 0 aliphatic carbocycles. The van der Waals surface area contributed by atoms with Gasteiger partial charge in [-0.25, -0.2) is 14.4 Å². The zero-order valence-electron chi connectivity index (χ0n) is 26.9. The molecular weight excluding hydrogens is 441 g/mol. The van der Waals surface area contributed by atoms with Crippen LogP contribution in [0.5, 0.6) is 23.0 Å². The first-order valence-corrected chi connectivity index (χ1v) is 10.1. The zero-order chi connectivity index (χ0) is 31.3. The number of nitrogens with zero attached hydrogens (tertiary/aromatic N) is 3. The minimum atomic E-state index is -2.84. The van der Waals surface area contributed by atoms with Crippen LogP contribution in [0.15, 0.2) is 30.3 Å². The van der Waals surface area contributed by atoms with Gasteiger partial charge in [-0.15, -0.1) is 0 Å². The first kappa shape index (κ1) is 15.2. The summed E-state index contributed by atoms with van der Waals surface area (Å²) in [4.78, 5) is 24.9. The minimum absolute atomic E-state index is 0.0137. The molecule has 3 heterocycles. The Balaban J connectivity index is 1.76. The van der Waals surface area contributed by atoms with Gasteiger partial charge in [-0.3, -0.25) is 9.78 Å². The fourth-order valence-electron chi connectivity index (χ4n) is 3.32. The number of benzene rings is 1. The fraction of sp³-hybridized carbons (Fsp3) is 0.360. The topological polar surface area (TPSA) is 92.7 Å². The van der Waals surface area contributed by atoms with E-state index in [1.54, 1.807) is 0 Å². The molecule has 1 aliphatic rings. The van der Waals surface area contributed by atoms with Gasteiger partial charge in [0.1, 0.15) is 11.6 Å². The van der Waals surface area contributed by atoms with Gasteiger partial charge < -0.3 is 18.9 Å². The molecule has 2 aromatic heterocycles. The van der Waals surface area contributed by atoms with Gasteiger partial charge in [-0.2, -0.15) is 0 Å². The lowest BCUT2D eigenvalue weighted by Crippen LogP contribution is -2.43. The van der Waals surface area contributed by atoms with Crippen LogP contribution < -0.4 is 18.9 Å². The number of ether oxygens (including phenoxy) is 4. The third-order valence-electron chi connectivity index (χ3n) is 5.04. The summed E-state index contributed by atoms with van der Waals surface area (Å²) in [5.41, 5.74) is -2.76. The maximum atomic E-state index is 15.0. The van der Waals surface area contributed by atoms with Crippen molar-refractivity contribution in [2.45, 2.75) is 38.6 Å². The number of Topliss-reactive ketones (excluding diaryl/α,β-unsaturated/α-hetero) is 1. The Labute approximate surface area is 208 Å². The molecule has 8 nitrogen and oxygen atoms in total. The first-order chi connectivity index (χ1) is 19.6. The number of fused-ring (bicyclic) bond motifs is 1. The molecule has 0 amide bonds. The number of hydrogen-bond donors (Lipinski definition) is 0. The van der Waals surface area contributed by atoms with E-state index < -0.39 is 55.2 Å². The van der Waals surface area contributed by atoms with E-state index in [0.717, 1.165) is 6.92 Å². The van der Waals surface area contributed by atoms with Crippen LogP contribution >= 0.6 is 0 Å². The van der Waals surface area contributed by atoms with Crippen LogP contribution in [0.25, 0.3) is 0 Å². The van der Waals surface area contributed by atoms with Crippen LogP contribution in [0.1, 0.15) is 53.2 Å². The molecule has 1 aliphatic heterocycles. The molecule has 0 bridgehead atoms. The average Bonchev–Trinajstić information content (AvgIpc) is 2.92. The van der Waals surface area contributed by atoms with Crippen molar-refractivity contribution >= 4 is 5.78 Å². The van der Waals surface area contributed by atoms with E-state index in [1.165, 1.54) is 21.3 Å². The number of rotatable bonds is 7. The Morgan fingerprint density at radius 2 is 1.88 bits per heavy atom. The van der Waals surface area contributed by atoms with Crippen molar-refractivity contribution in [2.75, 3.05) is 21.3 Å². The zero-order valence-corrected chi connectivity index (χ0v) is 18.9. The molecule has 4 rings (SSSR count). The lowest BCUT2D eigenvalue weighted by Gasteiger charge is -2.30. The second-order valence-electron chi connectivity index (χ2n) is 7.51. The van der Waals surface area contributed by atoms with Gasteiger partial charge in [0.2, 0.25) is 5.75 Å². The van der Waals surface area contributed by atoms with Gasteiger partial charge in [-0.05, 0) is 43.5 Å². The Hall–Kier alpha value is -3.75. The van der Waals surface area contributed by atoms with Gasteiger partial charge in [0.15, 0.2) is 28.7 Å². The molecule has 178 valence electrons. The number of carbonyl (C=O) groups is 1. The summed E-state index contributed by atoms with van der Waals surface area (Å²) in [5, 5.41) is 0. The van der Waals surface area contributed by atoms with Crippen LogP contribution in [0, 0.1) is 5.82 Å². The highest BCUT2D eigenvalue weighted by Crippen LogP contribution is 2.38. The van der Waals surface area contributed by atoms with Crippen LogP contribution in [0.4, 0.5) is 4.39 Å². The summed E-state index contributed by atoms with van der Waals surface area (Å²) in [6.45, 7) is -1.75. The molecule has 0 fully saturated rings. The quantitative estimate of drug-likeness (QED) is 0.513. The van der Waals surface area contributed by atoms with Crippen molar-refractivity contribution in [3.63, 3.8) is 0 Å². The predicted molar refractivity (Wildman–Crippen MR) is 121 cm³/mol. The summed E-state index contributed by atoms with van der Waals surface area (Å²) in [6.07, 6.45) is -2.04. The van der Waals surface area contributed by atoms with Gasteiger partial charge in [-0.1, -0.05) is 0 Å². The summed E-state index contributed by atoms with van der Waals surface area (Å²) >= 11 is 0. The van der Waals surface area contributed by atoms with Crippen LogP contribution in [-0.4, -0.2) is 47.7 Å². The SMILES string of the molecule is [2H]c1nc(Cc2c([2H])c(OC)c(OC)c(OC)c2[2H])nc(Cc2nc3c(c([2H])c2[2H])OC(C)(C([2H])([2H])[2H])C(=O)C3)c1F. The predicted octanol–water partition coefficient (Wildman–Crippen LogP) is 3.50. The van der Waals surface area contributed by atoms with E-state index in [-0.39, 0.29) is 70.0 Å². The molecule has 34 heavy (non-hydrogen) atoms. The highest BCUT2D eigenvalue weighted by Gasteiger charge is 2.36. The number of aromatic nitrogens is 3.